The minimum atomic E-state index is -5.33. The summed E-state index contributed by atoms with van der Waals surface area (Å²) < 4.78 is 173. The van der Waals surface area contributed by atoms with Crippen molar-refractivity contribution < 1.29 is 57.4 Å². The summed E-state index contributed by atoms with van der Waals surface area (Å²) in [4.78, 5) is 0. The van der Waals surface area contributed by atoms with Crippen molar-refractivity contribution >= 4 is 0 Å². The zero-order chi connectivity index (χ0) is 29.6. The lowest BCUT2D eigenvalue weighted by Gasteiger charge is -2.46. The molecular formula is C27H36F12O. The van der Waals surface area contributed by atoms with Gasteiger partial charge in [0.05, 0.1) is 5.92 Å². The number of alkyl halides is 12. The molecule has 0 N–H and O–H groups in total. The maximum Gasteiger partial charge on any atom is 0.522 e. The zero-order valence-electron chi connectivity index (χ0n) is 21.8. The van der Waals surface area contributed by atoms with Crippen LogP contribution in [0.3, 0.4) is 0 Å². The van der Waals surface area contributed by atoms with Crippen molar-refractivity contribution in [3.8, 4) is 0 Å². The molecule has 6 unspecified atom stereocenters. The first-order chi connectivity index (χ1) is 18.6. The summed E-state index contributed by atoms with van der Waals surface area (Å²) in [6.07, 6.45) is -25.2. The molecule has 6 atom stereocenters. The van der Waals surface area contributed by atoms with Gasteiger partial charge in [-0.1, -0.05) is 0 Å². The Morgan fingerprint density at radius 2 is 1.00 bits per heavy atom. The average Bonchev–Trinajstić information content (AvgIpc) is 2.80. The molecule has 4 saturated carbocycles. The third-order valence-corrected chi connectivity index (χ3v) is 9.79. The van der Waals surface area contributed by atoms with E-state index in [9.17, 15) is 26.3 Å². The highest BCUT2D eigenvalue weighted by atomic mass is 19.4. The Labute approximate surface area is 225 Å². The third-order valence-electron chi connectivity index (χ3n) is 9.79. The Morgan fingerprint density at radius 3 is 1.48 bits per heavy atom. The van der Waals surface area contributed by atoms with Gasteiger partial charge in [-0.05, 0) is 87.9 Å². The molecule has 0 aromatic rings. The normalized spacial score (nSPS) is 47.7. The minimum Gasteiger partial charge on any atom is -0.282 e. The topological polar surface area (TPSA) is 9.23 Å². The molecule has 4 aliphatic rings. The van der Waals surface area contributed by atoms with Gasteiger partial charge < -0.3 is 0 Å². The highest BCUT2D eigenvalue weighted by molar-refractivity contribution is 5.01. The van der Waals surface area contributed by atoms with E-state index in [1.165, 1.54) is 0 Å². The second kappa shape index (κ2) is 12.4. The Bertz CT molecular complexity index is 782. The van der Waals surface area contributed by atoms with Gasteiger partial charge in [-0.25, -0.2) is 39.5 Å². The van der Waals surface area contributed by atoms with Crippen molar-refractivity contribution in [2.45, 2.75) is 132 Å². The molecule has 0 bridgehead atoms. The molecule has 0 aromatic heterocycles. The molecule has 234 valence electrons. The van der Waals surface area contributed by atoms with E-state index in [-0.39, 0.29) is 24.7 Å². The lowest BCUT2D eigenvalue weighted by atomic mass is 9.62. The molecule has 4 rings (SSSR count). The summed E-state index contributed by atoms with van der Waals surface area (Å²) in [5.74, 6) is -11.0. The largest absolute Gasteiger partial charge is 0.522 e. The maximum absolute atomic E-state index is 15.2. The summed E-state index contributed by atoms with van der Waals surface area (Å²) in [7, 11) is 0. The third kappa shape index (κ3) is 7.36. The number of rotatable bonds is 6. The molecule has 0 aromatic carbocycles. The van der Waals surface area contributed by atoms with Gasteiger partial charge >= 0.3 is 6.36 Å². The zero-order valence-corrected chi connectivity index (χ0v) is 21.8. The van der Waals surface area contributed by atoms with Crippen LogP contribution in [-0.4, -0.2) is 61.6 Å². The van der Waals surface area contributed by atoms with Crippen LogP contribution >= 0.6 is 0 Å². The van der Waals surface area contributed by atoms with Crippen LogP contribution in [0.25, 0.3) is 0 Å². The summed E-state index contributed by atoms with van der Waals surface area (Å²) in [6.45, 7) is 0. The van der Waals surface area contributed by atoms with E-state index in [1.807, 2.05) is 0 Å². The van der Waals surface area contributed by atoms with Gasteiger partial charge in [0.15, 0.2) is 0 Å². The van der Waals surface area contributed by atoms with Crippen LogP contribution in [0.5, 0.6) is 0 Å². The quantitative estimate of drug-likeness (QED) is 0.275. The van der Waals surface area contributed by atoms with Gasteiger partial charge in [-0.3, -0.25) is 4.74 Å². The molecule has 0 saturated heterocycles. The first-order valence-electron chi connectivity index (χ1n) is 14.2. The van der Waals surface area contributed by atoms with Gasteiger partial charge in [0.1, 0.15) is 49.3 Å². The molecule has 4 fully saturated rings. The standard InChI is InChI=1S/C27H36F12O/c28-16-3-1-13(2-4-16)14-7-17(29)23(18(30)8-14)15-9-19(31)24(20(32)10-15)26(35,36)11-12-5-21(33)25(22(34)6-12)40-27(37,38)39/h12-25H,1-11H2. The van der Waals surface area contributed by atoms with Crippen LogP contribution < -0.4 is 0 Å². The molecule has 0 spiro atoms. The lowest BCUT2D eigenvalue weighted by Crippen LogP contribution is -2.52. The van der Waals surface area contributed by atoms with E-state index in [4.69, 9.17) is 0 Å². The number of ether oxygens (including phenoxy) is 1. The van der Waals surface area contributed by atoms with Gasteiger partial charge in [-0.15, -0.1) is 13.2 Å². The highest BCUT2D eigenvalue weighted by Gasteiger charge is 2.57. The van der Waals surface area contributed by atoms with E-state index in [0.29, 0.717) is 25.7 Å². The Hall–Kier alpha value is -0.880. The van der Waals surface area contributed by atoms with E-state index in [2.05, 4.69) is 4.74 Å². The minimum absolute atomic E-state index is 0.0355. The molecule has 0 aliphatic heterocycles. The molecular weight excluding hydrogens is 568 g/mol. The van der Waals surface area contributed by atoms with Gasteiger partial charge in [0, 0.05) is 12.3 Å². The first-order valence-corrected chi connectivity index (χ1v) is 14.2. The van der Waals surface area contributed by atoms with E-state index >= 15 is 26.3 Å². The van der Waals surface area contributed by atoms with Crippen molar-refractivity contribution in [1.82, 2.24) is 0 Å². The summed E-state index contributed by atoms with van der Waals surface area (Å²) in [5.41, 5.74) is 0. The fourth-order valence-corrected chi connectivity index (χ4v) is 8.00. The van der Waals surface area contributed by atoms with Crippen molar-refractivity contribution in [2.75, 3.05) is 0 Å². The van der Waals surface area contributed by atoms with Crippen molar-refractivity contribution in [1.29, 1.82) is 0 Å². The number of hydrogen-bond acceptors (Lipinski definition) is 1. The van der Waals surface area contributed by atoms with Gasteiger partial charge in [-0.2, -0.15) is 0 Å². The van der Waals surface area contributed by atoms with Crippen LogP contribution in [0.1, 0.15) is 70.6 Å². The summed E-state index contributed by atoms with van der Waals surface area (Å²) in [6, 6.07) is 0. The summed E-state index contributed by atoms with van der Waals surface area (Å²) in [5, 5.41) is 0. The summed E-state index contributed by atoms with van der Waals surface area (Å²) >= 11 is 0. The van der Waals surface area contributed by atoms with Crippen molar-refractivity contribution in [2.24, 2.45) is 35.5 Å². The Kier molecular flexibility index (Phi) is 9.92. The lowest BCUT2D eigenvalue weighted by molar-refractivity contribution is -0.358. The van der Waals surface area contributed by atoms with E-state index < -0.39 is 117 Å². The molecule has 4 aliphatic carbocycles. The predicted molar refractivity (Wildman–Crippen MR) is 122 cm³/mol. The predicted octanol–water partition coefficient (Wildman–Crippen LogP) is 8.94. The second-order valence-corrected chi connectivity index (χ2v) is 12.5. The van der Waals surface area contributed by atoms with Crippen LogP contribution in [0.15, 0.2) is 0 Å². The Balaban J connectivity index is 1.34. The van der Waals surface area contributed by atoms with Crippen molar-refractivity contribution in [3.63, 3.8) is 0 Å². The van der Waals surface area contributed by atoms with Crippen LogP contribution in [0.2, 0.25) is 0 Å². The smallest absolute Gasteiger partial charge is 0.282 e. The first kappa shape index (κ1) is 32.0. The van der Waals surface area contributed by atoms with Gasteiger partial charge in [0.2, 0.25) is 0 Å². The van der Waals surface area contributed by atoms with Crippen LogP contribution in [-0.2, 0) is 4.74 Å². The molecule has 0 amide bonds. The molecule has 0 radical (unpaired) electrons. The molecule has 13 heteroatoms. The fourth-order valence-electron chi connectivity index (χ4n) is 8.00. The molecule has 0 heterocycles. The molecule has 40 heavy (non-hydrogen) atoms. The van der Waals surface area contributed by atoms with Crippen LogP contribution in [0, 0.1) is 35.5 Å². The Morgan fingerprint density at radius 1 is 0.525 bits per heavy atom. The highest BCUT2D eigenvalue weighted by Crippen LogP contribution is 2.52. The SMILES string of the molecule is FC1CCC(C2CC(F)C(C3CC(F)C(C(F)(F)CC4CC(F)C(OC(F)(F)F)C(F)C4)C(F)C3)C(F)C2)CC1. The van der Waals surface area contributed by atoms with E-state index in [1.54, 1.807) is 0 Å². The van der Waals surface area contributed by atoms with Gasteiger partial charge in [0.25, 0.3) is 5.92 Å². The fraction of sp³-hybridized carbons (Fsp3) is 1.00. The maximum atomic E-state index is 15.2. The number of halogens is 12. The monoisotopic (exact) mass is 604 g/mol. The van der Waals surface area contributed by atoms with E-state index in [0.717, 1.165) is 0 Å². The molecule has 1 nitrogen and oxygen atoms in total. The second-order valence-electron chi connectivity index (χ2n) is 12.5. The van der Waals surface area contributed by atoms with Crippen molar-refractivity contribution in [3.05, 3.63) is 0 Å². The number of hydrogen-bond donors (Lipinski definition) is 0. The van der Waals surface area contributed by atoms with Crippen LogP contribution in [0.4, 0.5) is 52.7 Å². The average molecular weight is 605 g/mol.